The Morgan fingerprint density at radius 2 is 1.42 bits per heavy atom. The fourth-order valence-corrected chi connectivity index (χ4v) is 8.91. The topological polar surface area (TPSA) is 55.8 Å². The number of hydrogen-bond acceptors (Lipinski definition) is 5. The van der Waals surface area contributed by atoms with Crippen molar-refractivity contribution in [2.24, 2.45) is 10.8 Å². The fraction of sp³-hybridized carbons (Fsp3) is 0.526. The van der Waals surface area contributed by atoms with E-state index in [1.54, 1.807) is 0 Å². The van der Waals surface area contributed by atoms with E-state index in [4.69, 9.17) is 21.1 Å². The Labute approximate surface area is 286 Å². The molecule has 4 aliphatic rings. The summed E-state index contributed by atoms with van der Waals surface area (Å²) in [4.78, 5) is 31.2. The maximum atomic E-state index is 14.3. The second-order valence-corrected chi connectivity index (χ2v) is 16.5. The zero-order valence-corrected chi connectivity index (χ0v) is 30.1. The number of allylic oxidation sites excluding steroid dienone is 4. The van der Waals surface area contributed by atoms with Crippen LogP contribution in [0.4, 0.5) is 0 Å². The molecule has 5 nitrogen and oxygen atoms in total. The standard InChI is InChI=1S/C38H45ClINO4/c1-6-44-32-17-24(16-27(40)36(32)45-22-23-12-14-25(39)15-13-23)33-34-28(18-37(2,3)20-30(34)42)41(26-10-8-7-9-11-26)29-19-38(4,5)21-31(43)35(29)33/h12-17,26,33H,6-11,18-22H2,1-5H3. The van der Waals surface area contributed by atoms with Gasteiger partial charge in [0.15, 0.2) is 23.1 Å². The summed E-state index contributed by atoms with van der Waals surface area (Å²) in [6, 6.07) is 12.1. The second kappa shape index (κ2) is 12.7. The van der Waals surface area contributed by atoms with Gasteiger partial charge in [-0.05, 0) is 101 Å². The Morgan fingerprint density at radius 3 is 1.98 bits per heavy atom. The summed E-state index contributed by atoms with van der Waals surface area (Å²) in [6.07, 6.45) is 8.50. The number of Topliss-reactive ketones (excluding diaryl/α,β-unsaturated/α-hetero) is 2. The SMILES string of the molecule is CCOc1cc(C2C3=C(CC(C)(C)CC3=O)N(C3CCCCC3)C3=C2C(=O)CC(C)(C)C3)cc(I)c1OCc1ccc(Cl)cc1. The molecular formula is C38H45ClINO4. The molecule has 1 aliphatic heterocycles. The molecule has 0 N–H and O–H groups in total. The molecular weight excluding hydrogens is 697 g/mol. The number of rotatable bonds is 7. The van der Waals surface area contributed by atoms with E-state index in [0.29, 0.717) is 48.6 Å². The van der Waals surface area contributed by atoms with Crippen LogP contribution in [-0.2, 0) is 16.2 Å². The van der Waals surface area contributed by atoms with Gasteiger partial charge in [-0.1, -0.05) is 70.7 Å². The highest BCUT2D eigenvalue weighted by atomic mass is 127. The molecule has 0 bridgehead atoms. The summed E-state index contributed by atoms with van der Waals surface area (Å²) in [6.45, 7) is 11.7. The van der Waals surface area contributed by atoms with Crippen LogP contribution in [0, 0.1) is 14.4 Å². The Balaban J connectivity index is 1.51. The molecule has 6 rings (SSSR count). The van der Waals surface area contributed by atoms with Gasteiger partial charge in [0.2, 0.25) is 0 Å². The van der Waals surface area contributed by atoms with Gasteiger partial charge in [0.25, 0.3) is 0 Å². The number of carbonyl (C=O) groups excluding carboxylic acids is 2. The first-order chi connectivity index (χ1) is 21.4. The van der Waals surface area contributed by atoms with Crippen LogP contribution in [0.25, 0.3) is 0 Å². The molecule has 0 spiro atoms. The van der Waals surface area contributed by atoms with Gasteiger partial charge in [0.1, 0.15) is 6.61 Å². The first-order valence-electron chi connectivity index (χ1n) is 16.5. The van der Waals surface area contributed by atoms with Gasteiger partial charge < -0.3 is 14.4 Å². The smallest absolute Gasteiger partial charge is 0.174 e. The van der Waals surface area contributed by atoms with Gasteiger partial charge in [0.05, 0.1) is 10.2 Å². The van der Waals surface area contributed by atoms with Gasteiger partial charge in [0, 0.05) is 52.4 Å². The first-order valence-corrected chi connectivity index (χ1v) is 18.0. The highest BCUT2D eigenvalue weighted by Gasteiger charge is 2.50. The number of halogens is 2. The van der Waals surface area contributed by atoms with E-state index in [1.807, 2.05) is 37.3 Å². The lowest BCUT2D eigenvalue weighted by atomic mass is 9.63. The second-order valence-electron chi connectivity index (χ2n) is 14.9. The molecule has 7 heteroatoms. The van der Waals surface area contributed by atoms with E-state index in [1.165, 1.54) is 19.3 Å². The van der Waals surface area contributed by atoms with E-state index in [9.17, 15) is 9.59 Å². The molecule has 45 heavy (non-hydrogen) atoms. The number of ketones is 2. The van der Waals surface area contributed by atoms with Crippen LogP contribution in [0.5, 0.6) is 11.5 Å². The lowest BCUT2D eigenvalue weighted by molar-refractivity contribution is -0.119. The van der Waals surface area contributed by atoms with Gasteiger partial charge in [-0.3, -0.25) is 9.59 Å². The van der Waals surface area contributed by atoms with Crippen molar-refractivity contribution < 1.29 is 19.1 Å². The zero-order valence-electron chi connectivity index (χ0n) is 27.2. The normalized spacial score (nSPS) is 22.0. The molecule has 0 aromatic heterocycles. The van der Waals surface area contributed by atoms with Crippen LogP contribution < -0.4 is 9.47 Å². The van der Waals surface area contributed by atoms with Crippen LogP contribution in [-0.4, -0.2) is 29.1 Å². The maximum absolute atomic E-state index is 14.3. The predicted octanol–water partition coefficient (Wildman–Crippen LogP) is 9.94. The predicted molar refractivity (Wildman–Crippen MR) is 188 cm³/mol. The largest absolute Gasteiger partial charge is 0.490 e. The van der Waals surface area contributed by atoms with Crippen LogP contribution in [0.15, 0.2) is 58.9 Å². The minimum absolute atomic E-state index is 0.135. The van der Waals surface area contributed by atoms with Gasteiger partial charge in [-0.15, -0.1) is 0 Å². The van der Waals surface area contributed by atoms with E-state index >= 15 is 0 Å². The van der Waals surface area contributed by atoms with E-state index < -0.39 is 5.92 Å². The zero-order chi connectivity index (χ0) is 32.1. The third-order valence-electron chi connectivity index (χ3n) is 9.85. The molecule has 1 fully saturated rings. The molecule has 0 unspecified atom stereocenters. The van der Waals surface area contributed by atoms with Crippen molar-refractivity contribution in [1.29, 1.82) is 0 Å². The average molecular weight is 742 g/mol. The summed E-state index contributed by atoms with van der Waals surface area (Å²) in [7, 11) is 0. The van der Waals surface area contributed by atoms with Crippen molar-refractivity contribution in [2.45, 2.75) is 111 Å². The number of benzene rings is 2. The molecule has 2 aromatic carbocycles. The maximum Gasteiger partial charge on any atom is 0.174 e. The van der Waals surface area contributed by atoms with Gasteiger partial charge >= 0.3 is 0 Å². The summed E-state index contributed by atoms with van der Waals surface area (Å²) in [5, 5.41) is 0.686. The van der Waals surface area contributed by atoms with Crippen molar-refractivity contribution in [2.75, 3.05) is 6.61 Å². The van der Waals surface area contributed by atoms with Crippen LogP contribution in [0.1, 0.15) is 109 Å². The molecule has 240 valence electrons. The summed E-state index contributed by atoms with van der Waals surface area (Å²) in [5.74, 6) is 1.26. The molecule has 0 amide bonds. The minimum Gasteiger partial charge on any atom is -0.490 e. The molecule has 0 atom stereocenters. The lowest BCUT2D eigenvalue weighted by Crippen LogP contribution is -2.48. The Hall–Kier alpha value is -2.32. The van der Waals surface area contributed by atoms with Crippen molar-refractivity contribution in [3.63, 3.8) is 0 Å². The van der Waals surface area contributed by atoms with Gasteiger partial charge in [-0.2, -0.15) is 0 Å². The third kappa shape index (κ3) is 6.60. The molecule has 3 aliphatic carbocycles. The fourth-order valence-electron chi connectivity index (χ4n) is 8.00. The Kier molecular flexibility index (Phi) is 9.21. The van der Waals surface area contributed by atoms with Crippen LogP contribution >= 0.6 is 34.2 Å². The summed E-state index contributed by atoms with van der Waals surface area (Å²) in [5.41, 5.74) is 5.66. The molecule has 0 radical (unpaired) electrons. The molecule has 0 saturated heterocycles. The monoisotopic (exact) mass is 741 g/mol. The lowest BCUT2D eigenvalue weighted by Gasteiger charge is -2.52. The Bertz CT molecular complexity index is 1510. The van der Waals surface area contributed by atoms with Crippen molar-refractivity contribution in [3.05, 3.63) is 78.7 Å². The highest BCUT2D eigenvalue weighted by molar-refractivity contribution is 14.1. The number of hydrogen-bond donors (Lipinski definition) is 0. The van der Waals surface area contributed by atoms with E-state index in [2.05, 4.69) is 61.3 Å². The van der Waals surface area contributed by atoms with E-state index in [0.717, 1.165) is 62.9 Å². The number of ether oxygens (including phenoxy) is 2. The first kappa shape index (κ1) is 32.6. The summed E-state index contributed by atoms with van der Waals surface area (Å²) >= 11 is 8.41. The average Bonchev–Trinajstić information content (AvgIpc) is 2.96. The molecule has 1 saturated carbocycles. The minimum atomic E-state index is -0.403. The number of nitrogens with zero attached hydrogens (tertiary/aromatic N) is 1. The van der Waals surface area contributed by atoms with Crippen molar-refractivity contribution in [1.82, 2.24) is 4.90 Å². The molecule has 1 heterocycles. The molecule has 2 aromatic rings. The Morgan fingerprint density at radius 1 is 0.844 bits per heavy atom. The van der Waals surface area contributed by atoms with E-state index in [-0.39, 0.29) is 22.4 Å². The van der Waals surface area contributed by atoms with Gasteiger partial charge in [-0.25, -0.2) is 0 Å². The summed E-state index contributed by atoms with van der Waals surface area (Å²) < 4.78 is 13.5. The van der Waals surface area contributed by atoms with Crippen molar-refractivity contribution in [3.8, 4) is 11.5 Å². The highest BCUT2D eigenvalue weighted by Crippen LogP contribution is 2.56. The number of carbonyl (C=O) groups is 2. The van der Waals surface area contributed by atoms with Crippen molar-refractivity contribution >= 4 is 45.8 Å². The third-order valence-corrected chi connectivity index (χ3v) is 10.9. The van der Waals surface area contributed by atoms with Crippen LogP contribution in [0.2, 0.25) is 5.02 Å². The quantitative estimate of drug-likeness (QED) is 0.265. The van der Waals surface area contributed by atoms with Crippen LogP contribution in [0.3, 0.4) is 0 Å².